The molecule has 0 saturated heterocycles. The van der Waals surface area contributed by atoms with E-state index in [2.05, 4.69) is 9.47 Å². The van der Waals surface area contributed by atoms with Gasteiger partial charge in [0.1, 0.15) is 5.75 Å². The van der Waals surface area contributed by atoms with Crippen LogP contribution in [0.25, 0.3) is 0 Å². The molecule has 0 unspecified atom stereocenters. The molecule has 1 rings (SSSR count). The fourth-order valence-electron chi connectivity index (χ4n) is 1.72. The first kappa shape index (κ1) is 15.9. The molecule has 0 aliphatic carbocycles. The quantitative estimate of drug-likeness (QED) is 0.777. The zero-order valence-electron chi connectivity index (χ0n) is 10.8. The minimum absolute atomic E-state index is 0.00732. The fourth-order valence-corrected chi connectivity index (χ4v) is 1.72. The van der Waals surface area contributed by atoms with Gasteiger partial charge in [-0.1, -0.05) is 18.2 Å². The van der Waals surface area contributed by atoms with Gasteiger partial charge in [0, 0.05) is 12.0 Å². The predicted octanol–water partition coefficient (Wildman–Crippen LogP) is 2.02. The van der Waals surface area contributed by atoms with Crippen LogP contribution in [0.5, 0.6) is 5.75 Å². The van der Waals surface area contributed by atoms with E-state index in [1.165, 1.54) is 25.3 Å². The highest BCUT2D eigenvalue weighted by molar-refractivity contribution is 5.72. The molecule has 0 atom stereocenters. The summed E-state index contributed by atoms with van der Waals surface area (Å²) >= 11 is 0. The first-order chi connectivity index (χ1) is 9.43. The number of carbonyl (C=O) groups is 2. The Morgan fingerprint density at radius 3 is 2.50 bits per heavy atom. The van der Waals surface area contributed by atoms with Crippen molar-refractivity contribution in [3.05, 3.63) is 29.3 Å². The molecule has 0 aromatic heterocycles. The molecule has 1 aromatic rings. The Kier molecular flexibility index (Phi) is 5.89. The molecular weight excluding hydrogens is 274 g/mol. The van der Waals surface area contributed by atoms with Gasteiger partial charge in [0.2, 0.25) is 0 Å². The summed E-state index contributed by atoms with van der Waals surface area (Å²) in [6.45, 7) is -3.07. The number of carboxylic acid groups (broad SMARTS) is 1. The van der Waals surface area contributed by atoms with Crippen LogP contribution < -0.4 is 4.74 Å². The number of hydrogen-bond acceptors (Lipinski definition) is 4. The number of halogens is 2. The molecule has 0 amide bonds. The highest BCUT2D eigenvalue weighted by atomic mass is 19.3. The number of para-hydroxylation sites is 1. The van der Waals surface area contributed by atoms with E-state index in [-0.39, 0.29) is 24.2 Å². The second-order valence-corrected chi connectivity index (χ2v) is 3.93. The summed E-state index contributed by atoms with van der Waals surface area (Å²) in [5, 5.41) is 8.76. The van der Waals surface area contributed by atoms with Crippen LogP contribution in [0.2, 0.25) is 0 Å². The van der Waals surface area contributed by atoms with Gasteiger partial charge in [-0.05, 0) is 12.0 Å². The average Bonchev–Trinajstić information content (AvgIpc) is 2.37. The zero-order chi connectivity index (χ0) is 15.1. The summed E-state index contributed by atoms with van der Waals surface area (Å²) in [5.41, 5.74) is 0.481. The molecule has 1 aromatic carbocycles. The van der Waals surface area contributed by atoms with Crippen molar-refractivity contribution in [2.45, 2.75) is 25.9 Å². The highest BCUT2D eigenvalue weighted by Crippen LogP contribution is 2.27. The lowest BCUT2D eigenvalue weighted by atomic mass is 10.0. The van der Waals surface area contributed by atoms with E-state index in [1.54, 1.807) is 0 Å². The smallest absolute Gasteiger partial charge is 0.387 e. The van der Waals surface area contributed by atoms with Crippen molar-refractivity contribution in [2.24, 2.45) is 0 Å². The van der Waals surface area contributed by atoms with Gasteiger partial charge in [-0.2, -0.15) is 8.78 Å². The Balaban J connectivity index is 3.01. The van der Waals surface area contributed by atoms with Gasteiger partial charge in [0.15, 0.2) is 0 Å². The van der Waals surface area contributed by atoms with Gasteiger partial charge in [0.05, 0.1) is 13.5 Å². The molecule has 20 heavy (non-hydrogen) atoms. The number of rotatable bonds is 7. The molecule has 5 nitrogen and oxygen atoms in total. The molecule has 0 spiro atoms. The number of alkyl halides is 2. The molecule has 0 heterocycles. The van der Waals surface area contributed by atoms with Crippen molar-refractivity contribution >= 4 is 11.9 Å². The number of carboxylic acids is 1. The average molecular weight is 288 g/mol. The topological polar surface area (TPSA) is 72.8 Å². The standard InChI is InChI=1S/C13H14F2O5/c1-19-11(18)6-5-8-3-2-4-9(7-10(16)17)12(8)20-13(14)15/h2-4,13H,5-7H2,1H3,(H,16,17). The largest absolute Gasteiger partial charge is 0.481 e. The third-order valence-corrected chi connectivity index (χ3v) is 2.55. The minimum Gasteiger partial charge on any atom is -0.481 e. The van der Waals surface area contributed by atoms with Gasteiger partial charge in [-0.3, -0.25) is 9.59 Å². The van der Waals surface area contributed by atoms with E-state index in [1.807, 2.05) is 0 Å². The molecule has 7 heteroatoms. The summed E-state index contributed by atoms with van der Waals surface area (Å²) in [4.78, 5) is 21.8. The van der Waals surface area contributed by atoms with Crippen LogP contribution in [0.4, 0.5) is 8.78 Å². The molecular formula is C13H14F2O5. The summed E-state index contributed by atoms with van der Waals surface area (Å²) in [6, 6.07) is 4.43. The van der Waals surface area contributed by atoms with Crippen LogP contribution in [0.1, 0.15) is 17.5 Å². The Hall–Kier alpha value is -2.18. The van der Waals surface area contributed by atoms with E-state index in [0.717, 1.165) is 0 Å². The second kappa shape index (κ2) is 7.42. The monoisotopic (exact) mass is 288 g/mol. The molecule has 0 aliphatic heterocycles. The molecule has 0 saturated carbocycles. The van der Waals surface area contributed by atoms with E-state index in [0.29, 0.717) is 5.56 Å². The van der Waals surface area contributed by atoms with Crippen molar-refractivity contribution in [3.8, 4) is 5.75 Å². The number of ether oxygens (including phenoxy) is 2. The predicted molar refractivity (Wildman–Crippen MR) is 64.8 cm³/mol. The van der Waals surface area contributed by atoms with Crippen molar-refractivity contribution in [2.75, 3.05) is 7.11 Å². The van der Waals surface area contributed by atoms with Crippen LogP contribution >= 0.6 is 0 Å². The highest BCUT2D eigenvalue weighted by Gasteiger charge is 2.17. The zero-order valence-corrected chi connectivity index (χ0v) is 10.8. The van der Waals surface area contributed by atoms with Crippen LogP contribution in [-0.2, 0) is 27.2 Å². The molecule has 0 aliphatic rings. The van der Waals surface area contributed by atoms with Crippen LogP contribution in [0, 0.1) is 0 Å². The molecule has 0 radical (unpaired) electrons. The number of esters is 1. The molecule has 110 valence electrons. The second-order valence-electron chi connectivity index (χ2n) is 3.93. The van der Waals surface area contributed by atoms with Crippen LogP contribution in [-0.4, -0.2) is 30.8 Å². The maximum atomic E-state index is 12.4. The van der Waals surface area contributed by atoms with Crippen molar-refractivity contribution in [1.29, 1.82) is 0 Å². The normalized spacial score (nSPS) is 10.4. The van der Waals surface area contributed by atoms with E-state index >= 15 is 0 Å². The minimum atomic E-state index is -3.07. The Bertz CT molecular complexity index is 488. The van der Waals surface area contributed by atoms with E-state index < -0.39 is 25.0 Å². The molecule has 0 fully saturated rings. The number of carbonyl (C=O) groups excluding carboxylic acids is 1. The summed E-state index contributed by atoms with van der Waals surface area (Å²) in [7, 11) is 1.22. The van der Waals surface area contributed by atoms with Gasteiger partial charge in [-0.25, -0.2) is 0 Å². The van der Waals surface area contributed by atoms with Crippen LogP contribution in [0.3, 0.4) is 0 Å². The maximum absolute atomic E-state index is 12.4. The summed E-state index contributed by atoms with van der Waals surface area (Å²) in [5.74, 6) is -1.83. The van der Waals surface area contributed by atoms with Crippen molar-refractivity contribution in [3.63, 3.8) is 0 Å². The number of hydrogen-bond donors (Lipinski definition) is 1. The number of aliphatic carboxylic acids is 1. The third kappa shape index (κ3) is 4.83. The summed E-state index contributed by atoms with van der Waals surface area (Å²) < 4.78 is 33.7. The van der Waals surface area contributed by atoms with Crippen molar-refractivity contribution < 1.29 is 33.0 Å². The molecule has 0 bridgehead atoms. The van der Waals surface area contributed by atoms with E-state index in [9.17, 15) is 18.4 Å². The lowest BCUT2D eigenvalue weighted by molar-refractivity contribution is -0.140. The van der Waals surface area contributed by atoms with Gasteiger partial charge in [-0.15, -0.1) is 0 Å². The van der Waals surface area contributed by atoms with Gasteiger partial charge < -0.3 is 14.6 Å². The molecule has 1 N–H and O–H groups in total. The number of methoxy groups -OCH3 is 1. The van der Waals surface area contributed by atoms with Gasteiger partial charge in [0.25, 0.3) is 0 Å². The lowest BCUT2D eigenvalue weighted by Crippen LogP contribution is -2.11. The first-order valence-corrected chi connectivity index (χ1v) is 5.78. The maximum Gasteiger partial charge on any atom is 0.387 e. The number of aryl methyl sites for hydroxylation is 1. The SMILES string of the molecule is COC(=O)CCc1cccc(CC(=O)O)c1OC(F)F. The number of benzene rings is 1. The fraction of sp³-hybridized carbons (Fsp3) is 0.385. The Morgan fingerprint density at radius 1 is 1.30 bits per heavy atom. The Morgan fingerprint density at radius 2 is 1.95 bits per heavy atom. The summed E-state index contributed by atoms with van der Waals surface area (Å²) in [6.07, 6.45) is -0.317. The van der Waals surface area contributed by atoms with Gasteiger partial charge >= 0.3 is 18.6 Å². The Labute approximate surface area is 114 Å². The lowest BCUT2D eigenvalue weighted by Gasteiger charge is -2.14. The first-order valence-electron chi connectivity index (χ1n) is 5.78. The van der Waals surface area contributed by atoms with E-state index in [4.69, 9.17) is 5.11 Å². The van der Waals surface area contributed by atoms with Crippen molar-refractivity contribution in [1.82, 2.24) is 0 Å². The van der Waals surface area contributed by atoms with Crippen LogP contribution in [0.15, 0.2) is 18.2 Å². The third-order valence-electron chi connectivity index (χ3n) is 2.55.